The van der Waals surface area contributed by atoms with Crippen LogP contribution in [0.25, 0.3) is 0 Å². The van der Waals surface area contributed by atoms with Gasteiger partial charge in [-0.3, -0.25) is 0 Å². The maximum atomic E-state index is 10.0. The normalized spacial score (nSPS) is 21.7. The first-order valence-electron chi connectivity index (χ1n) is 6.16. The van der Waals surface area contributed by atoms with Gasteiger partial charge in [-0.25, -0.2) is 0 Å². The Morgan fingerprint density at radius 1 is 1.53 bits per heavy atom. The van der Waals surface area contributed by atoms with Gasteiger partial charge < -0.3 is 9.84 Å². The topological polar surface area (TPSA) is 29.5 Å². The second kappa shape index (κ2) is 5.85. The molecule has 2 nitrogen and oxygen atoms in total. The SMILES string of the molecule is Cc1ccc(CC(O)CC2CCOC2)c(Cl)c1. The van der Waals surface area contributed by atoms with E-state index in [0.717, 1.165) is 42.2 Å². The van der Waals surface area contributed by atoms with E-state index in [0.29, 0.717) is 12.3 Å². The minimum absolute atomic E-state index is 0.318. The van der Waals surface area contributed by atoms with Gasteiger partial charge >= 0.3 is 0 Å². The van der Waals surface area contributed by atoms with Gasteiger partial charge in [0.15, 0.2) is 0 Å². The third-order valence-electron chi connectivity index (χ3n) is 3.29. The molecule has 1 aliphatic rings. The molecule has 0 amide bonds. The largest absolute Gasteiger partial charge is 0.393 e. The van der Waals surface area contributed by atoms with Crippen LogP contribution in [0.3, 0.4) is 0 Å². The smallest absolute Gasteiger partial charge is 0.0584 e. The van der Waals surface area contributed by atoms with Crippen LogP contribution in [0.15, 0.2) is 18.2 Å². The lowest BCUT2D eigenvalue weighted by atomic mass is 9.96. The molecule has 0 aromatic heterocycles. The second-order valence-electron chi connectivity index (χ2n) is 4.92. The highest BCUT2D eigenvalue weighted by Gasteiger charge is 2.20. The Kier molecular flexibility index (Phi) is 4.43. The molecule has 17 heavy (non-hydrogen) atoms. The third kappa shape index (κ3) is 3.70. The molecule has 1 aromatic carbocycles. The first-order valence-corrected chi connectivity index (χ1v) is 6.54. The molecule has 1 aliphatic heterocycles. The Balaban J connectivity index is 1.90. The number of rotatable bonds is 4. The average Bonchev–Trinajstić information content (AvgIpc) is 2.75. The van der Waals surface area contributed by atoms with Crippen LogP contribution < -0.4 is 0 Å². The van der Waals surface area contributed by atoms with Gasteiger partial charge in [-0.1, -0.05) is 23.7 Å². The molecule has 3 heteroatoms. The van der Waals surface area contributed by atoms with Crippen molar-refractivity contribution in [1.29, 1.82) is 0 Å². The summed E-state index contributed by atoms with van der Waals surface area (Å²) >= 11 is 6.15. The van der Waals surface area contributed by atoms with E-state index in [4.69, 9.17) is 16.3 Å². The molecule has 1 aromatic rings. The van der Waals surface area contributed by atoms with Gasteiger partial charge in [0.2, 0.25) is 0 Å². The summed E-state index contributed by atoms with van der Waals surface area (Å²) in [5.74, 6) is 0.509. The fraction of sp³-hybridized carbons (Fsp3) is 0.571. The predicted molar refractivity (Wildman–Crippen MR) is 69.4 cm³/mol. The van der Waals surface area contributed by atoms with Crippen LogP contribution in [-0.4, -0.2) is 24.4 Å². The predicted octanol–water partition coefficient (Wildman–Crippen LogP) is 2.98. The number of aliphatic hydroxyl groups excluding tert-OH is 1. The number of hydrogen-bond donors (Lipinski definition) is 1. The highest BCUT2D eigenvalue weighted by atomic mass is 35.5. The zero-order valence-corrected chi connectivity index (χ0v) is 10.9. The Morgan fingerprint density at radius 2 is 2.35 bits per heavy atom. The monoisotopic (exact) mass is 254 g/mol. The summed E-state index contributed by atoms with van der Waals surface area (Å²) in [6, 6.07) is 5.99. The van der Waals surface area contributed by atoms with Crippen molar-refractivity contribution in [2.45, 2.75) is 32.3 Å². The van der Waals surface area contributed by atoms with Crippen molar-refractivity contribution in [3.8, 4) is 0 Å². The number of aliphatic hydroxyl groups is 1. The minimum atomic E-state index is -0.318. The molecule has 2 atom stereocenters. The third-order valence-corrected chi connectivity index (χ3v) is 3.65. The van der Waals surface area contributed by atoms with E-state index < -0.39 is 0 Å². The number of ether oxygens (including phenoxy) is 1. The number of hydrogen-bond acceptors (Lipinski definition) is 2. The lowest BCUT2D eigenvalue weighted by Crippen LogP contribution is -2.16. The van der Waals surface area contributed by atoms with Crippen LogP contribution in [0.1, 0.15) is 24.0 Å². The van der Waals surface area contributed by atoms with Gasteiger partial charge in [0.25, 0.3) is 0 Å². The van der Waals surface area contributed by atoms with E-state index in [1.807, 2.05) is 25.1 Å². The molecule has 0 saturated carbocycles. The van der Waals surface area contributed by atoms with E-state index in [9.17, 15) is 5.11 Å². The molecule has 0 spiro atoms. The minimum Gasteiger partial charge on any atom is -0.393 e. The van der Waals surface area contributed by atoms with Crippen LogP contribution in [0.4, 0.5) is 0 Å². The van der Waals surface area contributed by atoms with E-state index in [2.05, 4.69) is 0 Å². The van der Waals surface area contributed by atoms with Gasteiger partial charge in [-0.05, 0) is 49.3 Å². The number of benzene rings is 1. The van der Waals surface area contributed by atoms with Crippen LogP contribution in [0, 0.1) is 12.8 Å². The summed E-state index contributed by atoms with van der Waals surface area (Å²) in [4.78, 5) is 0. The molecular weight excluding hydrogens is 236 g/mol. The van der Waals surface area contributed by atoms with Crippen molar-refractivity contribution in [3.63, 3.8) is 0 Å². The van der Waals surface area contributed by atoms with Gasteiger partial charge in [-0.2, -0.15) is 0 Å². The Labute approximate surface area is 108 Å². The Bertz CT molecular complexity index is 372. The van der Waals surface area contributed by atoms with Crippen molar-refractivity contribution in [1.82, 2.24) is 0 Å². The zero-order chi connectivity index (χ0) is 12.3. The quantitative estimate of drug-likeness (QED) is 0.895. The van der Waals surface area contributed by atoms with Crippen LogP contribution >= 0.6 is 11.6 Å². The maximum absolute atomic E-state index is 10.0. The van der Waals surface area contributed by atoms with Gasteiger partial charge in [0.05, 0.1) is 6.10 Å². The Morgan fingerprint density at radius 3 is 3.00 bits per heavy atom. The lowest BCUT2D eigenvalue weighted by Gasteiger charge is -2.15. The van der Waals surface area contributed by atoms with Crippen molar-refractivity contribution in [2.24, 2.45) is 5.92 Å². The molecule has 0 radical (unpaired) electrons. The summed E-state index contributed by atoms with van der Waals surface area (Å²) in [5, 5.41) is 10.8. The van der Waals surface area contributed by atoms with E-state index in [-0.39, 0.29) is 6.10 Å². The van der Waals surface area contributed by atoms with Crippen LogP contribution in [0.2, 0.25) is 5.02 Å². The summed E-state index contributed by atoms with van der Waals surface area (Å²) in [5.41, 5.74) is 2.18. The highest BCUT2D eigenvalue weighted by molar-refractivity contribution is 6.31. The summed E-state index contributed by atoms with van der Waals surface area (Å²) in [6.07, 6.45) is 2.19. The first kappa shape index (κ1) is 12.9. The molecule has 1 N–H and O–H groups in total. The fourth-order valence-corrected chi connectivity index (χ4v) is 2.62. The van der Waals surface area contributed by atoms with Crippen molar-refractivity contribution in [3.05, 3.63) is 34.3 Å². The van der Waals surface area contributed by atoms with Gasteiger partial charge in [0, 0.05) is 18.2 Å². The van der Waals surface area contributed by atoms with E-state index in [1.165, 1.54) is 0 Å². The summed E-state index contributed by atoms with van der Waals surface area (Å²) in [7, 11) is 0. The lowest BCUT2D eigenvalue weighted by molar-refractivity contribution is 0.129. The molecule has 1 fully saturated rings. The van der Waals surface area contributed by atoms with Gasteiger partial charge in [-0.15, -0.1) is 0 Å². The van der Waals surface area contributed by atoms with Crippen LogP contribution in [0.5, 0.6) is 0 Å². The van der Waals surface area contributed by atoms with Crippen molar-refractivity contribution >= 4 is 11.6 Å². The summed E-state index contributed by atoms with van der Waals surface area (Å²) < 4.78 is 5.31. The first-order chi connectivity index (χ1) is 8.15. The molecule has 2 rings (SSSR count). The van der Waals surface area contributed by atoms with Crippen molar-refractivity contribution < 1.29 is 9.84 Å². The molecule has 94 valence electrons. The molecule has 1 heterocycles. The fourth-order valence-electron chi connectivity index (χ4n) is 2.31. The second-order valence-corrected chi connectivity index (χ2v) is 5.33. The molecular formula is C14H19ClO2. The Hall–Kier alpha value is -0.570. The average molecular weight is 255 g/mol. The molecule has 2 unspecified atom stereocenters. The van der Waals surface area contributed by atoms with Crippen molar-refractivity contribution in [2.75, 3.05) is 13.2 Å². The van der Waals surface area contributed by atoms with E-state index >= 15 is 0 Å². The highest BCUT2D eigenvalue weighted by Crippen LogP contribution is 2.23. The molecule has 0 bridgehead atoms. The standard InChI is InChI=1S/C14H19ClO2/c1-10-2-3-12(14(15)6-10)8-13(16)7-11-4-5-17-9-11/h2-3,6,11,13,16H,4-5,7-9H2,1H3. The summed E-state index contributed by atoms with van der Waals surface area (Å²) in [6.45, 7) is 3.64. The molecule has 1 saturated heterocycles. The van der Waals surface area contributed by atoms with Crippen LogP contribution in [-0.2, 0) is 11.2 Å². The maximum Gasteiger partial charge on any atom is 0.0584 e. The van der Waals surface area contributed by atoms with E-state index in [1.54, 1.807) is 0 Å². The zero-order valence-electron chi connectivity index (χ0n) is 10.2. The molecule has 0 aliphatic carbocycles. The number of halogens is 1. The van der Waals surface area contributed by atoms with Gasteiger partial charge in [0.1, 0.15) is 0 Å². The number of aryl methyl sites for hydroxylation is 1.